The van der Waals surface area contributed by atoms with Crippen LogP contribution in [0.2, 0.25) is 0 Å². The molecule has 1 amide bonds. The summed E-state index contributed by atoms with van der Waals surface area (Å²) in [6.45, 7) is 7.40. The largest absolute Gasteiger partial charge is 0.412 e. The molecule has 1 unspecified atom stereocenters. The van der Waals surface area contributed by atoms with Crippen LogP contribution in [0.15, 0.2) is 36.5 Å². The minimum atomic E-state index is -0.00144. The average molecular weight is 428 g/mol. The molecule has 0 aliphatic carbocycles. The van der Waals surface area contributed by atoms with Gasteiger partial charge in [0.2, 0.25) is 0 Å². The lowest BCUT2D eigenvalue weighted by molar-refractivity contribution is 0.0936. The standard InChI is InChI=1S/C24H32N4O.H3N.H2O/c1-3-18-9-7-10-19(4-2)23(18)24(29)26-21-11-8-16-28(21)22-17-20(12-13-25-22)27-14-5-6-15-27;;/h7,9-10,12-13,17,21H,3-6,8,11,14-16H2,1-2H3,(H,26,29);1H3;1H2. The zero-order chi connectivity index (χ0) is 20.2. The van der Waals surface area contributed by atoms with Gasteiger partial charge in [0.05, 0.1) is 0 Å². The van der Waals surface area contributed by atoms with Gasteiger partial charge in [-0.25, -0.2) is 4.98 Å². The molecular weight excluding hydrogens is 390 g/mol. The molecule has 2 saturated heterocycles. The van der Waals surface area contributed by atoms with Crippen molar-refractivity contribution >= 4 is 17.4 Å². The van der Waals surface area contributed by atoms with Gasteiger partial charge < -0.3 is 26.7 Å². The van der Waals surface area contributed by atoms with E-state index < -0.39 is 0 Å². The monoisotopic (exact) mass is 427 g/mol. The highest BCUT2D eigenvalue weighted by atomic mass is 16.1. The number of carbonyl (C=O) groups is 1. The fraction of sp³-hybridized carbons (Fsp3) is 0.500. The molecular formula is C24H37N5O2. The number of aryl methyl sites for hydroxylation is 2. The second-order valence-corrected chi connectivity index (χ2v) is 8.05. The Morgan fingerprint density at radius 2 is 1.74 bits per heavy atom. The first kappa shape index (κ1) is 24.6. The van der Waals surface area contributed by atoms with Gasteiger partial charge >= 0.3 is 0 Å². The Kier molecular flexibility index (Phi) is 8.83. The first-order chi connectivity index (χ1) is 14.2. The van der Waals surface area contributed by atoms with E-state index in [1.54, 1.807) is 0 Å². The van der Waals surface area contributed by atoms with Gasteiger partial charge in [0.25, 0.3) is 5.91 Å². The van der Waals surface area contributed by atoms with E-state index in [1.807, 2.05) is 6.20 Å². The van der Waals surface area contributed by atoms with Crippen LogP contribution >= 0.6 is 0 Å². The van der Waals surface area contributed by atoms with Gasteiger partial charge in [0.15, 0.2) is 0 Å². The highest BCUT2D eigenvalue weighted by molar-refractivity contribution is 5.97. The van der Waals surface area contributed by atoms with E-state index in [0.29, 0.717) is 0 Å². The van der Waals surface area contributed by atoms with Crippen molar-refractivity contribution in [2.45, 2.75) is 58.5 Å². The summed E-state index contributed by atoms with van der Waals surface area (Å²) in [4.78, 5) is 22.6. The number of benzene rings is 1. The number of aromatic nitrogens is 1. The van der Waals surface area contributed by atoms with Crippen LogP contribution in [0.3, 0.4) is 0 Å². The van der Waals surface area contributed by atoms with Gasteiger partial charge in [-0.2, -0.15) is 0 Å². The predicted octanol–water partition coefficient (Wildman–Crippen LogP) is 3.50. The van der Waals surface area contributed by atoms with Gasteiger partial charge in [-0.15, -0.1) is 0 Å². The third-order valence-electron chi connectivity index (χ3n) is 6.27. The summed E-state index contributed by atoms with van der Waals surface area (Å²) >= 11 is 0. The van der Waals surface area contributed by atoms with Crippen LogP contribution in [0.4, 0.5) is 11.5 Å². The number of rotatable bonds is 6. The smallest absolute Gasteiger partial charge is 0.253 e. The maximum atomic E-state index is 13.2. The molecule has 2 aliphatic heterocycles. The first-order valence-electron chi connectivity index (χ1n) is 11.1. The Morgan fingerprint density at radius 3 is 2.39 bits per heavy atom. The van der Waals surface area contributed by atoms with E-state index in [2.05, 4.69) is 64.3 Å². The maximum Gasteiger partial charge on any atom is 0.253 e. The zero-order valence-corrected chi connectivity index (χ0v) is 18.9. The summed E-state index contributed by atoms with van der Waals surface area (Å²) in [6.07, 6.45) is 8.18. The average Bonchev–Trinajstić information content (AvgIpc) is 3.45. The van der Waals surface area contributed by atoms with Gasteiger partial charge in [-0.1, -0.05) is 32.0 Å². The van der Waals surface area contributed by atoms with Crippen molar-refractivity contribution in [2.75, 3.05) is 29.4 Å². The van der Waals surface area contributed by atoms with E-state index in [4.69, 9.17) is 0 Å². The van der Waals surface area contributed by atoms with E-state index in [1.165, 1.54) is 18.5 Å². The summed E-state index contributed by atoms with van der Waals surface area (Å²) < 4.78 is 0. The number of anilines is 2. The molecule has 2 aliphatic rings. The normalized spacial score (nSPS) is 17.8. The Morgan fingerprint density at radius 1 is 1.06 bits per heavy atom. The van der Waals surface area contributed by atoms with E-state index >= 15 is 0 Å². The molecule has 7 heteroatoms. The number of carbonyl (C=O) groups excluding carboxylic acids is 1. The Balaban J connectivity index is 0.00000171. The third kappa shape index (κ3) is 5.17. The number of nitrogens with zero attached hydrogens (tertiary/aromatic N) is 3. The van der Waals surface area contributed by atoms with E-state index in [0.717, 1.165) is 67.8 Å². The molecule has 7 nitrogen and oxygen atoms in total. The summed E-state index contributed by atoms with van der Waals surface area (Å²) in [7, 11) is 0. The number of hydrogen-bond donors (Lipinski definition) is 2. The van der Waals surface area contributed by atoms with Crippen molar-refractivity contribution < 1.29 is 10.3 Å². The van der Waals surface area contributed by atoms with E-state index in [9.17, 15) is 4.79 Å². The zero-order valence-electron chi connectivity index (χ0n) is 18.9. The first-order valence-corrected chi connectivity index (χ1v) is 11.1. The van der Waals surface area contributed by atoms with Gasteiger partial charge in [0, 0.05) is 43.1 Å². The second-order valence-electron chi connectivity index (χ2n) is 8.05. The van der Waals surface area contributed by atoms with Crippen LogP contribution < -0.4 is 21.3 Å². The van der Waals surface area contributed by atoms with Crippen LogP contribution in [-0.2, 0) is 12.8 Å². The third-order valence-corrected chi connectivity index (χ3v) is 6.27. The minimum Gasteiger partial charge on any atom is -0.412 e. The van der Waals surface area contributed by atoms with Crippen LogP contribution in [0.5, 0.6) is 0 Å². The molecule has 1 aromatic heterocycles. The molecule has 3 heterocycles. The van der Waals surface area contributed by atoms with Gasteiger partial charge in [0.1, 0.15) is 12.0 Å². The highest BCUT2D eigenvalue weighted by Crippen LogP contribution is 2.28. The SMILES string of the molecule is CCc1cccc(CC)c1C(=O)NC1CCCN1c1cc(N2CCCC2)ccn1.N.O. The topological polar surface area (TPSA) is 115 Å². The van der Waals surface area contributed by atoms with Crippen LogP contribution in [0.25, 0.3) is 0 Å². The quantitative estimate of drug-likeness (QED) is 0.732. The Labute approximate surface area is 185 Å². The summed E-state index contributed by atoms with van der Waals surface area (Å²) in [6, 6.07) is 10.5. The molecule has 0 spiro atoms. The predicted molar refractivity (Wildman–Crippen MR) is 127 cm³/mol. The van der Waals surface area contributed by atoms with Crippen LogP contribution in [0.1, 0.15) is 61.0 Å². The van der Waals surface area contributed by atoms with Crippen molar-refractivity contribution in [1.29, 1.82) is 0 Å². The molecule has 0 saturated carbocycles. The molecule has 170 valence electrons. The van der Waals surface area contributed by atoms with Gasteiger partial charge in [-0.3, -0.25) is 4.79 Å². The molecule has 6 N–H and O–H groups in total. The Bertz CT molecular complexity index is 845. The summed E-state index contributed by atoms with van der Waals surface area (Å²) in [5.41, 5.74) is 4.36. The number of nitrogens with one attached hydrogen (secondary N) is 1. The van der Waals surface area contributed by atoms with Crippen molar-refractivity contribution in [3.63, 3.8) is 0 Å². The Hall–Kier alpha value is -2.64. The molecule has 1 atom stereocenters. The van der Waals surface area contributed by atoms with Crippen molar-refractivity contribution in [1.82, 2.24) is 16.5 Å². The number of hydrogen-bond acceptors (Lipinski definition) is 5. The van der Waals surface area contributed by atoms with Crippen molar-refractivity contribution in [3.8, 4) is 0 Å². The molecule has 0 bridgehead atoms. The molecule has 2 fully saturated rings. The van der Waals surface area contributed by atoms with Crippen molar-refractivity contribution in [3.05, 3.63) is 53.2 Å². The lowest BCUT2D eigenvalue weighted by atomic mass is 9.97. The summed E-state index contributed by atoms with van der Waals surface area (Å²) in [5, 5.41) is 3.32. The van der Waals surface area contributed by atoms with Crippen LogP contribution in [0, 0.1) is 0 Å². The molecule has 2 aromatic rings. The second kappa shape index (κ2) is 11.1. The van der Waals surface area contributed by atoms with Crippen LogP contribution in [-0.4, -0.2) is 42.2 Å². The minimum absolute atomic E-state index is 0. The number of pyridine rings is 1. The molecule has 0 radical (unpaired) electrons. The van der Waals surface area contributed by atoms with E-state index in [-0.39, 0.29) is 23.7 Å². The fourth-order valence-corrected chi connectivity index (χ4v) is 4.69. The highest BCUT2D eigenvalue weighted by Gasteiger charge is 2.29. The van der Waals surface area contributed by atoms with Crippen molar-refractivity contribution in [2.24, 2.45) is 0 Å². The lowest BCUT2D eigenvalue weighted by Gasteiger charge is -2.28. The molecule has 4 rings (SSSR count). The molecule has 31 heavy (non-hydrogen) atoms. The van der Waals surface area contributed by atoms with Gasteiger partial charge in [-0.05, 0) is 55.7 Å². The number of amides is 1. The lowest BCUT2D eigenvalue weighted by Crippen LogP contribution is -2.45. The summed E-state index contributed by atoms with van der Waals surface area (Å²) in [5.74, 6) is 1.02. The fourth-order valence-electron chi connectivity index (χ4n) is 4.69. The molecule has 1 aromatic carbocycles. The maximum absolute atomic E-state index is 13.2.